The van der Waals surface area contributed by atoms with Crippen molar-refractivity contribution in [3.8, 4) is 0 Å². The molecule has 2 rings (SSSR count). The number of carbonyl (C=O) groups excluding carboxylic acids is 1. The normalized spacial score (nSPS) is 14.7. The number of thiocarbonyl (C=S) groups is 1. The van der Waals surface area contributed by atoms with E-state index >= 15 is 0 Å². The molecule has 1 heterocycles. The molecule has 0 atom stereocenters. The maximum atomic E-state index is 13.3. The second kappa shape index (κ2) is 6.95. The Kier molecular flexibility index (Phi) is 5.25. The zero-order valence-corrected chi connectivity index (χ0v) is 13.0. The second-order valence-corrected chi connectivity index (χ2v) is 5.87. The number of nitrogens with zero attached hydrogens (tertiary/aromatic N) is 2. The van der Waals surface area contributed by atoms with Crippen LogP contribution in [0.1, 0.15) is 24.0 Å². The highest BCUT2D eigenvalue weighted by atomic mass is 32.1. The van der Waals surface area contributed by atoms with Crippen LogP contribution in [0.5, 0.6) is 0 Å². The average molecular weight is 309 g/mol. The fraction of sp³-hybridized carbons (Fsp3) is 0.467. The molecule has 0 radical (unpaired) electrons. The van der Waals surface area contributed by atoms with Gasteiger partial charge < -0.3 is 10.6 Å². The molecule has 0 aromatic heterocycles. The van der Waals surface area contributed by atoms with Gasteiger partial charge in [0, 0.05) is 25.2 Å². The van der Waals surface area contributed by atoms with E-state index in [1.165, 1.54) is 12.1 Å². The first kappa shape index (κ1) is 15.9. The number of rotatable bonds is 5. The van der Waals surface area contributed by atoms with E-state index in [9.17, 15) is 9.18 Å². The smallest absolute Gasteiger partial charge is 0.236 e. The lowest BCUT2D eigenvalue weighted by molar-refractivity contribution is -0.131. The Balaban J connectivity index is 2.00. The minimum Gasteiger partial charge on any atom is -0.389 e. The first-order chi connectivity index (χ1) is 9.97. The van der Waals surface area contributed by atoms with Crippen LogP contribution in [-0.4, -0.2) is 47.4 Å². The van der Waals surface area contributed by atoms with Gasteiger partial charge in [-0.05, 0) is 37.6 Å². The van der Waals surface area contributed by atoms with E-state index in [2.05, 4.69) is 0 Å². The van der Waals surface area contributed by atoms with E-state index in [0.717, 1.165) is 31.5 Å². The molecule has 114 valence electrons. The number of hydrogen-bond donors (Lipinski definition) is 1. The summed E-state index contributed by atoms with van der Waals surface area (Å²) in [6.45, 7) is 2.55. The molecule has 1 aromatic rings. The quantitative estimate of drug-likeness (QED) is 0.838. The molecule has 0 saturated carbocycles. The van der Waals surface area contributed by atoms with Gasteiger partial charge in [-0.3, -0.25) is 9.69 Å². The van der Waals surface area contributed by atoms with Crippen molar-refractivity contribution < 1.29 is 9.18 Å². The molecule has 4 nitrogen and oxygen atoms in total. The van der Waals surface area contributed by atoms with Gasteiger partial charge in [-0.2, -0.15) is 0 Å². The highest BCUT2D eigenvalue weighted by Gasteiger charge is 2.19. The molecule has 21 heavy (non-hydrogen) atoms. The highest BCUT2D eigenvalue weighted by Crippen LogP contribution is 2.14. The van der Waals surface area contributed by atoms with E-state index in [1.54, 1.807) is 6.07 Å². The third-order valence-electron chi connectivity index (χ3n) is 3.64. The molecule has 1 aromatic carbocycles. The summed E-state index contributed by atoms with van der Waals surface area (Å²) in [4.78, 5) is 16.0. The number of nitrogens with two attached hydrogens (primary N) is 1. The molecule has 1 amide bonds. The van der Waals surface area contributed by atoms with Crippen LogP contribution in [0, 0.1) is 5.82 Å². The van der Waals surface area contributed by atoms with Gasteiger partial charge in [0.05, 0.1) is 6.54 Å². The molecule has 1 aliphatic heterocycles. The summed E-state index contributed by atoms with van der Waals surface area (Å²) < 4.78 is 13.3. The van der Waals surface area contributed by atoms with Crippen molar-refractivity contribution >= 4 is 23.1 Å². The first-order valence-corrected chi connectivity index (χ1v) is 7.43. The molecule has 1 saturated heterocycles. The number of halogens is 1. The van der Waals surface area contributed by atoms with Crippen LogP contribution in [-0.2, 0) is 11.3 Å². The summed E-state index contributed by atoms with van der Waals surface area (Å²) in [5.74, 6) is -0.230. The van der Waals surface area contributed by atoms with Crippen molar-refractivity contribution in [1.29, 1.82) is 0 Å². The number of hydrogen-bond acceptors (Lipinski definition) is 3. The van der Waals surface area contributed by atoms with Crippen molar-refractivity contribution in [2.75, 3.05) is 26.7 Å². The van der Waals surface area contributed by atoms with Crippen LogP contribution < -0.4 is 5.73 Å². The van der Waals surface area contributed by atoms with Crippen molar-refractivity contribution in [2.45, 2.75) is 19.4 Å². The third-order valence-corrected chi connectivity index (χ3v) is 3.86. The molecule has 1 fully saturated rings. The summed E-state index contributed by atoms with van der Waals surface area (Å²) >= 11 is 4.95. The molecule has 0 unspecified atom stereocenters. The van der Waals surface area contributed by atoms with Crippen molar-refractivity contribution in [1.82, 2.24) is 9.80 Å². The Bertz CT molecular complexity index is 544. The molecule has 0 spiro atoms. The first-order valence-electron chi connectivity index (χ1n) is 7.02. The van der Waals surface area contributed by atoms with Crippen molar-refractivity contribution in [3.63, 3.8) is 0 Å². The average Bonchev–Trinajstić information content (AvgIpc) is 2.94. The Labute approximate surface area is 129 Å². The van der Waals surface area contributed by atoms with Gasteiger partial charge >= 0.3 is 0 Å². The number of benzene rings is 1. The second-order valence-electron chi connectivity index (χ2n) is 5.43. The van der Waals surface area contributed by atoms with Crippen molar-refractivity contribution in [2.24, 2.45) is 5.73 Å². The molecular formula is C15H20FN3OS. The van der Waals surface area contributed by atoms with E-state index in [4.69, 9.17) is 18.0 Å². The topological polar surface area (TPSA) is 49.6 Å². The van der Waals surface area contributed by atoms with Gasteiger partial charge in [-0.1, -0.05) is 18.3 Å². The van der Waals surface area contributed by atoms with Crippen LogP contribution in [0.25, 0.3) is 0 Å². The lowest BCUT2D eigenvalue weighted by Crippen LogP contribution is -2.37. The lowest BCUT2D eigenvalue weighted by Gasteiger charge is -2.22. The fourth-order valence-corrected chi connectivity index (χ4v) is 2.75. The van der Waals surface area contributed by atoms with Gasteiger partial charge in [0.2, 0.25) is 5.91 Å². The Morgan fingerprint density at radius 2 is 2.10 bits per heavy atom. The summed E-state index contributed by atoms with van der Waals surface area (Å²) in [6, 6.07) is 4.39. The summed E-state index contributed by atoms with van der Waals surface area (Å²) in [6.07, 6.45) is 2.16. The van der Waals surface area contributed by atoms with Gasteiger partial charge in [0.25, 0.3) is 0 Å². The number of amides is 1. The van der Waals surface area contributed by atoms with E-state index in [-0.39, 0.29) is 16.7 Å². The fourth-order valence-electron chi connectivity index (χ4n) is 2.56. The van der Waals surface area contributed by atoms with E-state index in [1.807, 2.05) is 16.8 Å². The maximum absolute atomic E-state index is 13.3. The van der Waals surface area contributed by atoms with Gasteiger partial charge in [-0.25, -0.2) is 4.39 Å². The number of carbonyl (C=O) groups is 1. The van der Waals surface area contributed by atoms with Crippen LogP contribution in [0.4, 0.5) is 4.39 Å². The standard InChI is InChI=1S/C15H20FN3OS/c1-18(10-14(20)19-6-2-3-7-19)9-11-4-5-12(16)8-13(11)15(17)21/h4-5,8H,2-3,6-7,9-10H2,1H3,(H2,17,21). The SMILES string of the molecule is CN(CC(=O)N1CCCC1)Cc1ccc(F)cc1C(N)=S. The number of likely N-dealkylation sites (N-methyl/N-ethyl adjacent to an activating group) is 1. The van der Waals surface area contributed by atoms with Crippen molar-refractivity contribution in [3.05, 3.63) is 35.1 Å². The minimum atomic E-state index is -0.364. The van der Waals surface area contributed by atoms with E-state index in [0.29, 0.717) is 18.7 Å². The maximum Gasteiger partial charge on any atom is 0.236 e. The van der Waals surface area contributed by atoms with Crippen LogP contribution in [0.15, 0.2) is 18.2 Å². The van der Waals surface area contributed by atoms with Gasteiger partial charge in [0.15, 0.2) is 0 Å². The highest BCUT2D eigenvalue weighted by molar-refractivity contribution is 7.80. The van der Waals surface area contributed by atoms with Gasteiger partial charge in [0.1, 0.15) is 10.8 Å². The molecule has 1 aliphatic rings. The Morgan fingerprint density at radius 1 is 1.43 bits per heavy atom. The minimum absolute atomic E-state index is 0.133. The Hall–Kier alpha value is -1.53. The van der Waals surface area contributed by atoms with Crippen LogP contribution in [0.2, 0.25) is 0 Å². The summed E-state index contributed by atoms with van der Waals surface area (Å²) in [5, 5.41) is 0. The summed E-state index contributed by atoms with van der Waals surface area (Å²) in [7, 11) is 1.86. The van der Waals surface area contributed by atoms with Gasteiger partial charge in [-0.15, -0.1) is 0 Å². The molecule has 6 heteroatoms. The van der Waals surface area contributed by atoms with E-state index < -0.39 is 0 Å². The zero-order chi connectivity index (χ0) is 15.4. The predicted molar refractivity (Wildman–Crippen MR) is 84.4 cm³/mol. The lowest BCUT2D eigenvalue weighted by atomic mass is 10.1. The largest absolute Gasteiger partial charge is 0.389 e. The summed E-state index contributed by atoms with van der Waals surface area (Å²) in [5.41, 5.74) is 7.00. The predicted octanol–water partition coefficient (Wildman–Crippen LogP) is 1.51. The number of likely N-dealkylation sites (tertiary alicyclic amines) is 1. The third kappa shape index (κ3) is 4.22. The monoisotopic (exact) mass is 309 g/mol. The molecule has 2 N–H and O–H groups in total. The molecule has 0 aliphatic carbocycles. The molecular weight excluding hydrogens is 289 g/mol. The zero-order valence-electron chi connectivity index (χ0n) is 12.1. The van der Waals surface area contributed by atoms with Crippen LogP contribution >= 0.6 is 12.2 Å². The molecule has 0 bridgehead atoms. The Morgan fingerprint density at radius 3 is 2.71 bits per heavy atom. The van der Waals surface area contributed by atoms with Crippen LogP contribution in [0.3, 0.4) is 0 Å².